The lowest BCUT2D eigenvalue weighted by atomic mass is 9.98. The molecular weight excluding hydrogens is 160 g/mol. The van der Waals surface area contributed by atoms with Gasteiger partial charge < -0.3 is 5.11 Å². The summed E-state index contributed by atoms with van der Waals surface area (Å²) in [5.41, 5.74) is 2.48. The molecule has 1 heteroatoms. The predicted molar refractivity (Wildman–Crippen MR) is 56.3 cm³/mol. The molecule has 1 nitrogen and oxygen atoms in total. The molecule has 1 atom stereocenters. The van der Waals surface area contributed by atoms with Gasteiger partial charge in [0.2, 0.25) is 0 Å². The van der Waals surface area contributed by atoms with Crippen molar-refractivity contribution in [1.82, 2.24) is 0 Å². The molecule has 1 N–H and O–H groups in total. The zero-order valence-electron chi connectivity index (χ0n) is 7.83. The minimum Gasteiger partial charge on any atom is -0.389 e. The maximum Gasteiger partial charge on any atom is 0.0762 e. The number of rotatable bonds is 3. The highest BCUT2D eigenvalue weighted by atomic mass is 16.3. The van der Waals surface area contributed by atoms with E-state index in [4.69, 9.17) is 0 Å². The van der Waals surface area contributed by atoms with Crippen LogP contribution < -0.4 is 0 Å². The molecule has 1 aromatic carbocycles. The molecule has 0 saturated heterocycles. The molecule has 0 saturated carbocycles. The average molecular weight is 174 g/mol. The number of benzene rings is 1. The van der Waals surface area contributed by atoms with Crippen molar-refractivity contribution >= 4 is 5.57 Å². The third-order valence-corrected chi connectivity index (χ3v) is 2.01. The van der Waals surface area contributed by atoms with E-state index in [1.54, 1.807) is 6.92 Å². The van der Waals surface area contributed by atoms with Crippen LogP contribution in [0, 0.1) is 0 Å². The molecule has 0 aliphatic rings. The third kappa shape index (κ3) is 2.30. The zero-order chi connectivity index (χ0) is 9.84. The van der Waals surface area contributed by atoms with Crippen molar-refractivity contribution < 1.29 is 5.11 Å². The minimum absolute atomic E-state index is 0.535. The highest BCUT2D eigenvalue weighted by Crippen LogP contribution is 2.21. The fourth-order valence-electron chi connectivity index (χ4n) is 1.08. The maximum atomic E-state index is 9.29. The van der Waals surface area contributed by atoms with E-state index in [1.165, 1.54) is 0 Å². The van der Waals surface area contributed by atoms with Gasteiger partial charge in [-0.2, -0.15) is 0 Å². The van der Waals surface area contributed by atoms with Gasteiger partial charge in [-0.15, -0.1) is 0 Å². The van der Waals surface area contributed by atoms with E-state index in [1.807, 2.05) is 30.3 Å². The molecule has 1 rings (SSSR count). The first-order chi connectivity index (χ1) is 6.13. The molecule has 0 radical (unpaired) electrons. The highest BCUT2D eigenvalue weighted by Gasteiger charge is 2.07. The van der Waals surface area contributed by atoms with E-state index < -0.39 is 6.10 Å². The van der Waals surface area contributed by atoms with E-state index >= 15 is 0 Å². The van der Waals surface area contributed by atoms with Gasteiger partial charge in [-0.05, 0) is 23.6 Å². The van der Waals surface area contributed by atoms with Gasteiger partial charge in [0.1, 0.15) is 0 Å². The topological polar surface area (TPSA) is 20.2 Å². The van der Waals surface area contributed by atoms with Gasteiger partial charge in [-0.3, -0.25) is 0 Å². The van der Waals surface area contributed by atoms with E-state index in [0.29, 0.717) is 5.57 Å². The summed E-state index contributed by atoms with van der Waals surface area (Å²) in [6.45, 7) is 9.36. The lowest BCUT2D eigenvalue weighted by Gasteiger charge is -2.11. The van der Waals surface area contributed by atoms with Gasteiger partial charge in [0.05, 0.1) is 6.10 Å². The molecule has 1 aromatic rings. The molecule has 1 unspecified atom stereocenters. The summed E-state index contributed by atoms with van der Waals surface area (Å²) in [4.78, 5) is 0. The normalized spacial score (nSPS) is 12.2. The Labute approximate surface area is 79.0 Å². The molecular formula is C12H14O. The van der Waals surface area contributed by atoms with Gasteiger partial charge in [-0.25, -0.2) is 0 Å². The van der Waals surface area contributed by atoms with E-state index in [-0.39, 0.29) is 0 Å². The molecule has 0 aliphatic heterocycles. The van der Waals surface area contributed by atoms with Crippen LogP contribution in [0.2, 0.25) is 0 Å². The first kappa shape index (κ1) is 9.75. The second kappa shape index (κ2) is 4.06. The van der Waals surface area contributed by atoms with Crippen molar-refractivity contribution in [2.45, 2.75) is 13.0 Å². The lowest BCUT2D eigenvalue weighted by molar-refractivity contribution is 0.237. The van der Waals surface area contributed by atoms with Gasteiger partial charge in [-0.1, -0.05) is 43.5 Å². The minimum atomic E-state index is -0.535. The van der Waals surface area contributed by atoms with Crippen LogP contribution in [0.25, 0.3) is 5.57 Å². The van der Waals surface area contributed by atoms with Crippen molar-refractivity contribution in [2.75, 3.05) is 0 Å². The Balaban J connectivity index is 2.87. The van der Waals surface area contributed by atoms with Crippen LogP contribution in [-0.2, 0) is 0 Å². The van der Waals surface area contributed by atoms with Crippen LogP contribution in [0.3, 0.4) is 0 Å². The van der Waals surface area contributed by atoms with Crippen molar-refractivity contribution in [3.63, 3.8) is 0 Å². The summed E-state index contributed by atoms with van der Waals surface area (Å²) in [5.74, 6) is 0. The largest absolute Gasteiger partial charge is 0.389 e. The molecule has 0 amide bonds. The molecule has 0 spiro atoms. The second-order valence-corrected chi connectivity index (χ2v) is 3.05. The van der Waals surface area contributed by atoms with Crippen molar-refractivity contribution in [3.05, 3.63) is 54.6 Å². The Morgan fingerprint density at radius 2 is 1.77 bits per heavy atom. The van der Waals surface area contributed by atoms with Crippen LogP contribution in [0.5, 0.6) is 0 Å². The van der Waals surface area contributed by atoms with Crippen LogP contribution in [-0.4, -0.2) is 11.2 Å². The third-order valence-electron chi connectivity index (χ3n) is 2.01. The molecule has 0 fully saturated rings. The number of aliphatic hydroxyl groups is 1. The Bertz CT molecular complexity index is 309. The smallest absolute Gasteiger partial charge is 0.0762 e. The zero-order valence-corrected chi connectivity index (χ0v) is 7.83. The summed E-state index contributed by atoms with van der Waals surface area (Å²) in [6, 6.07) is 9.74. The molecule has 0 heterocycles. The Kier molecular flexibility index (Phi) is 3.04. The molecule has 0 aromatic heterocycles. The van der Waals surface area contributed by atoms with Crippen LogP contribution in [0.4, 0.5) is 0 Å². The summed E-state index contributed by atoms with van der Waals surface area (Å²) in [5, 5.41) is 9.29. The molecule has 0 bridgehead atoms. The molecule has 0 aliphatic carbocycles. The molecule has 68 valence electrons. The maximum absolute atomic E-state index is 9.29. The van der Waals surface area contributed by atoms with Gasteiger partial charge in [0.15, 0.2) is 0 Å². The first-order valence-electron chi connectivity index (χ1n) is 4.24. The molecule has 13 heavy (non-hydrogen) atoms. The Morgan fingerprint density at radius 3 is 2.23 bits per heavy atom. The lowest BCUT2D eigenvalue weighted by Crippen LogP contribution is -2.04. The second-order valence-electron chi connectivity index (χ2n) is 3.05. The number of aliphatic hydroxyl groups excluding tert-OH is 1. The SMILES string of the molecule is C=C(C(=C)C(C)O)c1ccccc1. The van der Waals surface area contributed by atoms with Gasteiger partial charge >= 0.3 is 0 Å². The van der Waals surface area contributed by atoms with Crippen molar-refractivity contribution in [3.8, 4) is 0 Å². The van der Waals surface area contributed by atoms with Crippen LogP contribution >= 0.6 is 0 Å². The van der Waals surface area contributed by atoms with E-state index in [2.05, 4.69) is 13.2 Å². The number of hydrogen-bond donors (Lipinski definition) is 1. The monoisotopic (exact) mass is 174 g/mol. The summed E-state index contributed by atoms with van der Waals surface area (Å²) in [7, 11) is 0. The van der Waals surface area contributed by atoms with E-state index in [0.717, 1.165) is 11.1 Å². The highest BCUT2D eigenvalue weighted by molar-refractivity contribution is 5.77. The fourth-order valence-corrected chi connectivity index (χ4v) is 1.08. The van der Waals surface area contributed by atoms with Crippen molar-refractivity contribution in [1.29, 1.82) is 0 Å². The quantitative estimate of drug-likeness (QED) is 0.698. The number of hydrogen-bond acceptors (Lipinski definition) is 1. The Hall–Kier alpha value is -1.34. The standard InChI is InChI=1S/C12H14O/c1-9(11(3)13)10(2)12-7-5-4-6-8-12/h4-8,11,13H,1-2H2,3H3. The predicted octanol–water partition coefficient (Wildman–Crippen LogP) is 2.64. The van der Waals surface area contributed by atoms with Crippen molar-refractivity contribution in [2.24, 2.45) is 0 Å². The average Bonchev–Trinajstić information content (AvgIpc) is 2.17. The van der Waals surface area contributed by atoms with E-state index in [9.17, 15) is 5.11 Å². The Morgan fingerprint density at radius 1 is 1.23 bits per heavy atom. The summed E-state index contributed by atoms with van der Waals surface area (Å²) >= 11 is 0. The van der Waals surface area contributed by atoms with Gasteiger partial charge in [0.25, 0.3) is 0 Å². The van der Waals surface area contributed by atoms with Crippen LogP contribution in [0.1, 0.15) is 12.5 Å². The van der Waals surface area contributed by atoms with Gasteiger partial charge in [0, 0.05) is 0 Å². The summed E-state index contributed by atoms with van der Waals surface area (Å²) in [6.07, 6.45) is -0.535. The first-order valence-corrected chi connectivity index (χ1v) is 4.24. The fraction of sp³-hybridized carbons (Fsp3) is 0.167. The summed E-state index contributed by atoms with van der Waals surface area (Å²) < 4.78 is 0. The van der Waals surface area contributed by atoms with Crippen LogP contribution in [0.15, 0.2) is 49.1 Å².